The third-order valence-corrected chi connectivity index (χ3v) is 1.75. The van der Waals surface area contributed by atoms with Gasteiger partial charge in [-0.1, -0.05) is 6.08 Å². The normalized spacial score (nSPS) is 11.8. The van der Waals surface area contributed by atoms with Gasteiger partial charge in [0.2, 0.25) is 0 Å². The highest BCUT2D eigenvalue weighted by Gasteiger charge is 2.11. The lowest BCUT2D eigenvalue weighted by Gasteiger charge is -2.11. The molecule has 1 heterocycles. The molecule has 0 saturated carbocycles. The van der Waals surface area contributed by atoms with E-state index >= 15 is 0 Å². The Labute approximate surface area is 82.3 Å². The van der Waals surface area contributed by atoms with Gasteiger partial charge < -0.3 is 10.4 Å². The van der Waals surface area contributed by atoms with E-state index < -0.39 is 5.97 Å². The summed E-state index contributed by atoms with van der Waals surface area (Å²) in [7, 11) is 0. The second-order valence-electron chi connectivity index (χ2n) is 2.87. The summed E-state index contributed by atoms with van der Waals surface area (Å²) in [5.41, 5.74) is 0.536. The maximum absolute atomic E-state index is 10.8. The monoisotopic (exact) mass is 192 g/mol. The van der Waals surface area contributed by atoms with Crippen molar-refractivity contribution in [3.63, 3.8) is 0 Å². The van der Waals surface area contributed by atoms with Gasteiger partial charge in [-0.15, -0.1) is 6.58 Å². The zero-order valence-electron chi connectivity index (χ0n) is 7.90. The number of rotatable bonds is 4. The lowest BCUT2D eigenvalue weighted by Crippen LogP contribution is -2.15. The minimum absolute atomic E-state index is 0.0114. The number of carbonyl (C=O) groups is 1. The van der Waals surface area contributed by atoms with Crippen LogP contribution in [0.15, 0.2) is 31.0 Å². The molecule has 0 aliphatic carbocycles. The molecule has 1 rings (SSSR count). The highest BCUT2D eigenvalue weighted by atomic mass is 16.4. The van der Waals surface area contributed by atoms with Gasteiger partial charge in [-0.25, -0.2) is 9.78 Å². The van der Waals surface area contributed by atoms with E-state index in [0.29, 0.717) is 5.69 Å². The van der Waals surface area contributed by atoms with Crippen LogP contribution >= 0.6 is 0 Å². The molecule has 0 bridgehead atoms. The first-order valence-electron chi connectivity index (χ1n) is 4.22. The minimum atomic E-state index is -1.04. The minimum Gasteiger partial charge on any atom is -0.476 e. The van der Waals surface area contributed by atoms with Crippen LogP contribution in [0.25, 0.3) is 0 Å². The van der Waals surface area contributed by atoms with E-state index in [-0.39, 0.29) is 11.7 Å². The standard InChI is InChI=1S/C10H12N2O2/c1-3-7(2)12-8-5-4-6-11-9(8)10(13)14/h3-7,12H,1H2,2H3,(H,13,14). The largest absolute Gasteiger partial charge is 0.476 e. The predicted molar refractivity (Wildman–Crippen MR) is 54.5 cm³/mol. The molecule has 2 N–H and O–H groups in total. The fourth-order valence-corrected chi connectivity index (χ4v) is 0.996. The Morgan fingerprint density at radius 1 is 1.79 bits per heavy atom. The third kappa shape index (κ3) is 2.32. The Balaban J connectivity index is 2.95. The van der Waals surface area contributed by atoms with Gasteiger partial charge in [0.15, 0.2) is 5.69 Å². The molecule has 1 unspecified atom stereocenters. The van der Waals surface area contributed by atoms with Gasteiger partial charge in [0.1, 0.15) is 0 Å². The van der Waals surface area contributed by atoms with Crippen LogP contribution in [0.3, 0.4) is 0 Å². The Morgan fingerprint density at radius 2 is 2.50 bits per heavy atom. The van der Waals surface area contributed by atoms with E-state index in [2.05, 4.69) is 16.9 Å². The number of nitrogens with one attached hydrogen (secondary N) is 1. The summed E-state index contributed by atoms with van der Waals surface area (Å²) < 4.78 is 0. The number of aromatic nitrogens is 1. The number of carboxylic acids is 1. The van der Waals surface area contributed by atoms with Gasteiger partial charge >= 0.3 is 5.97 Å². The Kier molecular flexibility index (Phi) is 3.23. The number of pyridine rings is 1. The summed E-state index contributed by atoms with van der Waals surface area (Å²) in [6, 6.07) is 3.37. The van der Waals surface area contributed by atoms with E-state index in [1.54, 1.807) is 18.2 Å². The first-order valence-corrected chi connectivity index (χ1v) is 4.22. The fraction of sp³-hybridized carbons (Fsp3) is 0.200. The van der Waals surface area contributed by atoms with E-state index in [4.69, 9.17) is 5.11 Å². The maximum atomic E-state index is 10.8. The fourth-order valence-electron chi connectivity index (χ4n) is 0.996. The molecule has 0 amide bonds. The molecule has 14 heavy (non-hydrogen) atoms. The van der Waals surface area contributed by atoms with Crippen LogP contribution in [0, 0.1) is 0 Å². The van der Waals surface area contributed by atoms with Crippen LogP contribution in [-0.4, -0.2) is 22.1 Å². The van der Waals surface area contributed by atoms with Crippen molar-refractivity contribution in [2.45, 2.75) is 13.0 Å². The molecule has 4 heteroatoms. The number of hydrogen-bond donors (Lipinski definition) is 2. The van der Waals surface area contributed by atoms with Crippen molar-refractivity contribution in [3.8, 4) is 0 Å². The lowest BCUT2D eigenvalue weighted by atomic mass is 10.2. The van der Waals surface area contributed by atoms with Gasteiger partial charge in [-0.05, 0) is 19.1 Å². The van der Waals surface area contributed by atoms with Gasteiger partial charge in [0.05, 0.1) is 5.69 Å². The van der Waals surface area contributed by atoms with Crippen molar-refractivity contribution in [1.82, 2.24) is 4.98 Å². The van der Waals surface area contributed by atoms with Crippen LogP contribution in [0.1, 0.15) is 17.4 Å². The molecule has 0 saturated heterocycles. The van der Waals surface area contributed by atoms with Crippen molar-refractivity contribution >= 4 is 11.7 Å². The van der Waals surface area contributed by atoms with Crippen molar-refractivity contribution in [2.24, 2.45) is 0 Å². The van der Waals surface area contributed by atoms with Gasteiger partial charge in [-0.2, -0.15) is 0 Å². The first-order chi connectivity index (χ1) is 6.65. The average Bonchev–Trinajstić information content (AvgIpc) is 2.18. The molecule has 0 aromatic carbocycles. The summed E-state index contributed by atoms with van der Waals surface area (Å²) in [6.45, 7) is 5.48. The number of aromatic carboxylic acids is 1. The van der Waals surface area contributed by atoms with Crippen LogP contribution in [0.5, 0.6) is 0 Å². The van der Waals surface area contributed by atoms with Crippen molar-refractivity contribution in [2.75, 3.05) is 5.32 Å². The Hall–Kier alpha value is -1.84. The Morgan fingerprint density at radius 3 is 3.07 bits per heavy atom. The summed E-state index contributed by atoms with van der Waals surface area (Å²) in [4.78, 5) is 14.5. The summed E-state index contributed by atoms with van der Waals surface area (Å²) in [5.74, 6) is -1.04. The smallest absolute Gasteiger partial charge is 0.356 e. The summed E-state index contributed by atoms with van der Waals surface area (Å²) in [5, 5.41) is 11.8. The molecule has 0 radical (unpaired) electrons. The van der Waals surface area contributed by atoms with Gasteiger partial charge in [0, 0.05) is 12.2 Å². The molecular weight excluding hydrogens is 180 g/mol. The first kappa shape index (κ1) is 10.2. The summed E-state index contributed by atoms with van der Waals surface area (Å²) in [6.07, 6.45) is 3.14. The van der Waals surface area contributed by atoms with E-state index in [1.807, 2.05) is 6.92 Å². The predicted octanol–water partition coefficient (Wildman–Crippen LogP) is 1.77. The second-order valence-corrected chi connectivity index (χ2v) is 2.87. The van der Waals surface area contributed by atoms with Crippen LogP contribution in [0.4, 0.5) is 5.69 Å². The van der Waals surface area contributed by atoms with Crippen LogP contribution in [-0.2, 0) is 0 Å². The Bertz CT molecular complexity index is 350. The van der Waals surface area contributed by atoms with Crippen molar-refractivity contribution in [3.05, 3.63) is 36.7 Å². The average molecular weight is 192 g/mol. The zero-order chi connectivity index (χ0) is 10.6. The molecule has 0 aliphatic heterocycles. The number of nitrogens with zero attached hydrogens (tertiary/aromatic N) is 1. The van der Waals surface area contributed by atoms with E-state index in [0.717, 1.165) is 0 Å². The topological polar surface area (TPSA) is 62.2 Å². The van der Waals surface area contributed by atoms with Crippen molar-refractivity contribution < 1.29 is 9.90 Å². The van der Waals surface area contributed by atoms with E-state index in [9.17, 15) is 4.79 Å². The van der Waals surface area contributed by atoms with Gasteiger partial charge in [-0.3, -0.25) is 0 Å². The number of anilines is 1. The highest BCUT2D eigenvalue weighted by molar-refractivity contribution is 5.91. The molecule has 4 nitrogen and oxygen atoms in total. The third-order valence-electron chi connectivity index (χ3n) is 1.75. The molecule has 1 aromatic heterocycles. The molecule has 74 valence electrons. The molecule has 0 spiro atoms. The summed E-state index contributed by atoms with van der Waals surface area (Å²) >= 11 is 0. The highest BCUT2D eigenvalue weighted by Crippen LogP contribution is 2.13. The van der Waals surface area contributed by atoms with Crippen LogP contribution in [0.2, 0.25) is 0 Å². The number of carboxylic acid groups (broad SMARTS) is 1. The van der Waals surface area contributed by atoms with E-state index in [1.165, 1.54) is 6.20 Å². The number of hydrogen-bond acceptors (Lipinski definition) is 3. The SMILES string of the molecule is C=CC(C)Nc1cccnc1C(=O)O. The molecule has 0 fully saturated rings. The maximum Gasteiger partial charge on any atom is 0.356 e. The molecule has 0 aliphatic rings. The molecule has 1 aromatic rings. The van der Waals surface area contributed by atoms with Crippen molar-refractivity contribution in [1.29, 1.82) is 0 Å². The quantitative estimate of drug-likeness (QED) is 0.713. The van der Waals surface area contributed by atoms with Crippen LogP contribution < -0.4 is 5.32 Å². The van der Waals surface area contributed by atoms with Gasteiger partial charge in [0.25, 0.3) is 0 Å². The second kappa shape index (κ2) is 4.41. The lowest BCUT2D eigenvalue weighted by molar-refractivity contribution is 0.0691. The zero-order valence-corrected chi connectivity index (χ0v) is 7.90. The molecular formula is C10H12N2O2. The molecule has 1 atom stereocenters.